The molecule has 0 aromatic heterocycles. The zero-order valence-electron chi connectivity index (χ0n) is 20.2. The van der Waals surface area contributed by atoms with Gasteiger partial charge in [0.2, 0.25) is 5.91 Å². The highest BCUT2D eigenvalue weighted by atomic mass is 32.2. The standard InChI is InChI=1S/C27H30N2O5S/c1-19-11-16-25(34-3)26(17-19)35(31,32)29(21-12-14-22(33-2)15-13-21)18-27(30)28-24-10-6-8-20-7-4-5-9-23(20)24/h4-5,7,9,11-17,24H,6,8,10,18H2,1-3H3,(H,28,30). The van der Waals surface area contributed by atoms with Crippen LogP contribution >= 0.6 is 0 Å². The van der Waals surface area contributed by atoms with Crippen LogP contribution in [-0.4, -0.2) is 35.1 Å². The minimum absolute atomic E-state index is 0.00614. The van der Waals surface area contributed by atoms with E-state index in [9.17, 15) is 13.2 Å². The molecule has 4 rings (SSSR count). The van der Waals surface area contributed by atoms with Crippen LogP contribution in [-0.2, 0) is 21.2 Å². The third kappa shape index (κ3) is 5.27. The molecule has 0 saturated heterocycles. The molecule has 0 fully saturated rings. The Morgan fingerprint density at radius 1 is 1.03 bits per heavy atom. The lowest BCUT2D eigenvalue weighted by Crippen LogP contribution is -2.42. The maximum Gasteiger partial charge on any atom is 0.268 e. The Hall–Kier alpha value is -3.52. The molecule has 0 bridgehead atoms. The van der Waals surface area contributed by atoms with E-state index in [2.05, 4.69) is 11.4 Å². The van der Waals surface area contributed by atoms with Gasteiger partial charge < -0.3 is 14.8 Å². The number of fused-ring (bicyclic) bond motifs is 1. The van der Waals surface area contributed by atoms with Crippen molar-refractivity contribution >= 4 is 21.6 Å². The molecule has 0 radical (unpaired) electrons. The zero-order chi connectivity index (χ0) is 25.0. The molecule has 184 valence electrons. The molecule has 1 N–H and O–H groups in total. The summed E-state index contributed by atoms with van der Waals surface area (Å²) in [4.78, 5) is 13.3. The van der Waals surface area contributed by atoms with Gasteiger partial charge in [-0.3, -0.25) is 9.10 Å². The van der Waals surface area contributed by atoms with Crippen LogP contribution in [0.25, 0.3) is 0 Å². The average Bonchev–Trinajstić information content (AvgIpc) is 2.87. The van der Waals surface area contributed by atoms with Crippen LogP contribution in [0, 0.1) is 6.92 Å². The summed E-state index contributed by atoms with van der Waals surface area (Å²) in [7, 11) is -1.17. The molecule has 0 heterocycles. The predicted octanol–water partition coefficient (Wildman–Crippen LogP) is 4.40. The second kappa shape index (κ2) is 10.4. The number of hydrogen-bond donors (Lipinski definition) is 1. The van der Waals surface area contributed by atoms with Gasteiger partial charge in [0.25, 0.3) is 10.0 Å². The highest BCUT2D eigenvalue weighted by Gasteiger charge is 2.31. The molecular formula is C27H30N2O5S. The first-order valence-corrected chi connectivity index (χ1v) is 13.0. The Balaban J connectivity index is 1.68. The second-order valence-electron chi connectivity index (χ2n) is 8.58. The summed E-state index contributed by atoms with van der Waals surface area (Å²) in [6.07, 6.45) is 2.74. The maximum absolute atomic E-state index is 13.9. The lowest BCUT2D eigenvalue weighted by atomic mass is 9.88. The molecule has 1 amide bonds. The monoisotopic (exact) mass is 494 g/mol. The van der Waals surface area contributed by atoms with Gasteiger partial charge in [0, 0.05) is 0 Å². The van der Waals surface area contributed by atoms with Crippen molar-refractivity contribution in [2.75, 3.05) is 25.1 Å². The van der Waals surface area contributed by atoms with E-state index in [4.69, 9.17) is 9.47 Å². The first-order chi connectivity index (χ1) is 16.8. The number of hydrogen-bond acceptors (Lipinski definition) is 5. The number of benzene rings is 3. The number of sulfonamides is 1. The smallest absolute Gasteiger partial charge is 0.268 e. The fourth-order valence-electron chi connectivity index (χ4n) is 4.44. The van der Waals surface area contributed by atoms with E-state index in [1.807, 2.05) is 25.1 Å². The van der Waals surface area contributed by atoms with Crippen LogP contribution in [0.15, 0.2) is 71.6 Å². The highest BCUT2D eigenvalue weighted by molar-refractivity contribution is 7.93. The molecular weight excluding hydrogens is 464 g/mol. The van der Waals surface area contributed by atoms with Crippen molar-refractivity contribution in [1.82, 2.24) is 5.32 Å². The Morgan fingerprint density at radius 2 is 1.77 bits per heavy atom. The van der Waals surface area contributed by atoms with Crippen LogP contribution in [0.1, 0.15) is 35.6 Å². The number of rotatable bonds is 8. The molecule has 1 atom stereocenters. The van der Waals surface area contributed by atoms with Gasteiger partial charge in [0.05, 0.1) is 25.9 Å². The minimum atomic E-state index is -4.13. The molecule has 1 aliphatic rings. The van der Waals surface area contributed by atoms with Crippen molar-refractivity contribution in [2.24, 2.45) is 0 Å². The van der Waals surface area contributed by atoms with Gasteiger partial charge in [0.1, 0.15) is 22.9 Å². The number of carbonyl (C=O) groups excluding carboxylic acids is 1. The van der Waals surface area contributed by atoms with Gasteiger partial charge >= 0.3 is 0 Å². The van der Waals surface area contributed by atoms with Gasteiger partial charge in [-0.15, -0.1) is 0 Å². The Bertz CT molecular complexity index is 1310. The van der Waals surface area contributed by atoms with E-state index < -0.39 is 10.0 Å². The fraction of sp³-hybridized carbons (Fsp3) is 0.296. The van der Waals surface area contributed by atoms with Crippen molar-refractivity contribution in [2.45, 2.75) is 37.1 Å². The molecule has 8 heteroatoms. The average molecular weight is 495 g/mol. The maximum atomic E-state index is 13.9. The third-order valence-electron chi connectivity index (χ3n) is 6.24. The summed E-state index contributed by atoms with van der Waals surface area (Å²) < 4.78 is 39.4. The zero-order valence-corrected chi connectivity index (χ0v) is 21.0. The van der Waals surface area contributed by atoms with Crippen molar-refractivity contribution in [1.29, 1.82) is 0 Å². The normalized spacial score (nSPS) is 15.1. The summed E-state index contributed by atoms with van der Waals surface area (Å²) in [5.41, 5.74) is 3.43. The molecule has 1 unspecified atom stereocenters. The number of amides is 1. The van der Waals surface area contributed by atoms with Crippen molar-refractivity contribution in [3.8, 4) is 11.5 Å². The van der Waals surface area contributed by atoms with Gasteiger partial charge in [-0.1, -0.05) is 30.3 Å². The summed E-state index contributed by atoms with van der Waals surface area (Å²) in [5, 5.41) is 3.06. The Kier molecular flexibility index (Phi) is 7.31. The van der Waals surface area contributed by atoms with E-state index in [1.54, 1.807) is 42.5 Å². The van der Waals surface area contributed by atoms with Gasteiger partial charge in [-0.2, -0.15) is 0 Å². The Morgan fingerprint density at radius 3 is 2.49 bits per heavy atom. The third-order valence-corrected chi connectivity index (χ3v) is 8.03. The fourth-order valence-corrected chi connectivity index (χ4v) is 6.11. The van der Waals surface area contributed by atoms with E-state index in [1.165, 1.54) is 19.8 Å². The number of carbonyl (C=O) groups is 1. The SMILES string of the molecule is COc1ccc(N(CC(=O)NC2CCCc3ccccc32)S(=O)(=O)c2cc(C)ccc2OC)cc1. The van der Waals surface area contributed by atoms with Crippen LogP contribution in [0.2, 0.25) is 0 Å². The molecule has 0 saturated carbocycles. The number of anilines is 1. The van der Waals surface area contributed by atoms with E-state index in [0.717, 1.165) is 34.7 Å². The molecule has 0 aliphatic heterocycles. The molecule has 0 spiro atoms. The van der Waals surface area contributed by atoms with E-state index in [-0.39, 0.29) is 29.1 Å². The first-order valence-electron chi connectivity index (χ1n) is 11.5. The van der Waals surface area contributed by atoms with E-state index in [0.29, 0.717) is 11.4 Å². The lowest BCUT2D eigenvalue weighted by Gasteiger charge is -2.29. The van der Waals surface area contributed by atoms with Gasteiger partial charge in [-0.25, -0.2) is 8.42 Å². The summed E-state index contributed by atoms with van der Waals surface area (Å²) in [6, 6.07) is 19.4. The van der Waals surface area contributed by atoms with Crippen LogP contribution in [0.3, 0.4) is 0 Å². The number of nitrogens with one attached hydrogen (secondary N) is 1. The summed E-state index contributed by atoms with van der Waals surface area (Å²) in [5.74, 6) is 0.427. The van der Waals surface area contributed by atoms with Crippen LogP contribution in [0.4, 0.5) is 5.69 Å². The topological polar surface area (TPSA) is 84.9 Å². The largest absolute Gasteiger partial charge is 0.497 e. The van der Waals surface area contributed by atoms with Crippen molar-refractivity contribution in [3.63, 3.8) is 0 Å². The van der Waals surface area contributed by atoms with Gasteiger partial charge in [0.15, 0.2) is 0 Å². The summed E-state index contributed by atoms with van der Waals surface area (Å²) >= 11 is 0. The highest BCUT2D eigenvalue weighted by Crippen LogP contribution is 2.33. The van der Waals surface area contributed by atoms with Crippen molar-refractivity contribution < 1.29 is 22.7 Å². The first kappa shape index (κ1) is 24.6. The predicted molar refractivity (Wildman–Crippen MR) is 136 cm³/mol. The van der Waals surface area contributed by atoms with E-state index >= 15 is 0 Å². The number of nitrogens with zero attached hydrogens (tertiary/aromatic N) is 1. The summed E-state index contributed by atoms with van der Waals surface area (Å²) in [6.45, 7) is 1.44. The Labute approximate surface area is 206 Å². The molecule has 1 aliphatic carbocycles. The molecule has 3 aromatic rings. The number of aryl methyl sites for hydroxylation is 2. The number of ether oxygens (including phenoxy) is 2. The minimum Gasteiger partial charge on any atom is -0.497 e. The molecule has 7 nitrogen and oxygen atoms in total. The second-order valence-corrected chi connectivity index (χ2v) is 10.4. The van der Waals surface area contributed by atoms with Crippen LogP contribution in [0.5, 0.6) is 11.5 Å². The lowest BCUT2D eigenvalue weighted by molar-refractivity contribution is -0.120. The van der Waals surface area contributed by atoms with Crippen LogP contribution < -0.4 is 19.1 Å². The van der Waals surface area contributed by atoms with Crippen molar-refractivity contribution in [3.05, 3.63) is 83.4 Å². The van der Waals surface area contributed by atoms with Gasteiger partial charge in [-0.05, 0) is 79.3 Å². The number of methoxy groups -OCH3 is 2. The molecule has 3 aromatic carbocycles. The quantitative estimate of drug-likeness (QED) is 0.502. The molecule has 35 heavy (non-hydrogen) atoms.